The zero-order valence-electron chi connectivity index (χ0n) is 10.2. The second kappa shape index (κ2) is 5.51. The minimum atomic E-state index is -1.70. The highest BCUT2D eigenvalue weighted by Crippen LogP contribution is 2.31. The molecule has 0 spiro atoms. The Balaban J connectivity index is 2.67. The van der Waals surface area contributed by atoms with Gasteiger partial charge in [-0.05, 0) is 12.1 Å². The largest absolute Gasteiger partial charge is 0.348 e. The van der Waals surface area contributed by atoms with Crippen LogP contribution < -0.4 is 5.32 Å². The van der Waals surface area contributed by atoms with Gasteiger partial charge >= 0.3 is 0 Å². The first-order valence-corrected chi connectivity index (χ1v) is 5.53. The van der Waals surface area contributed by atoms with Crippen LogP contribution in [0.3, 0.4) is 0 Å². The fraction of sp³-hybridized carbons (Fsp3) is 0. The van der Waals surface area contributed by atoms with Gasteiger partial charge in [-0.25, -0.2) is 17.6 Å². The number of halogens is 4. The van der Waals surface area contributed by atoms with Gasteiger partial charge < -0.3 is 5.32 Å². The number of nitrogens with one attached hydrogen (secondary N) is 1. The van der Waals surface area contributed by atoms with Gasteiger partial charge in [0.1, 0.15) is 34.8 Å². The van der Waals surface area contributed by atoms with Gasteiger partial charge in [-0.2, -0.15) is 10.5 Å². The van der Waals surface area contributed by atoms with Gasteiger partial charge in [-0.15, -0.1) is 0 Å². The monoisotopic (exact) mass is 291 g/mol. The van der Waals surface area contributed by atoms with Crippen LogP contribution in [-0.2, 0) is 0 Å². The lowest BCUT2D eigenvalue weighted by molar-refractivity contribution is 0.496. The summed E-state index contributed by atoms with van der Waals surface area (Å²) in [6.45, 7) is 0. The molecule has 2 aromatic rings. The number of benzene rings is 2. The minimum Gasteiger partial charge on any atom is -0.348 e. The van der Waals surface area contributed by atoms with Gasteiger partial charge in [0, 0.05) is 0 Å². The average molecular weight is 291 g/mol. The van der Waals surface area contributed by atoms with Crippen LogP contribution in [0.2, 0.25) is 0 Å². The van der Waals surface area contributed by atoms with E-state index in [0.717, 1.165) is 6.07 Å². The number of rotatable bonds is 2. The Kier molecular flexibility index (Phi) is 3.77. The molecule has 21 heavy (non-hydrogen) atoms. The number of nitrogens with zero attached hydrogens (tertiary/aromatic N) is 2. The predicted octanol–water partition coefficient (Wildman–Crippen LogP) is 3.73. The Bertz CT molecular complexity index is 803. The van der Waals surface area contributed by atoms with Crippen molar-refractivity contribution in [2.75, 3.05) is 5.32 Å². The summed E-state index contributed by atoms with van der Waals surface area (Å²) >= 11 is 0. The molecule has 0 fully saturated rings. The van der Waals surface area contributed by atoms with Crippen molar-refractivity contribution in [2.45, 2.75) is 0 Å². The number of anilines is 2. The summed E-state index contributed by atoms with van der Waals surface area (Å²) in [5.74, 6) is -5.66. The second-order valence-corrected chi connectivity index (χ2v) is 3.90. The maximum Gasteiger partial charge on any atom is 0.186 e. The molecular weight excluding hydrogens is 286 g/mol. The third-order valence-electron chi connectivity index (χ3n) is 2.68. The number of hydrogen-bond acceptors (Lipinski definition) is 3. The van der Waals surface area contributed by atoms with Crippen molar-refractivity contribution in [3.63, 3.8) is 0 Å². The summed E-state index contributed by atoms with van der Waals surface area (Å²) in [5.41, 5.74) is -3.32. The maximum atomic E-state index is 14.0. The average Bonchev–Trinajstić information content (AvgIpc) is 2.48. The quantitative estimate of drug-likeness (QED) is 0.677. The summed E-state index contributed by atoms with van der Waals surface area (Å²) in [7, 11) is 0. The molecule has 0 saturated carbocycles. The summed E-state index contributed by atoms with van der Waals surface area (Å²) in [6.07, 6.45) is 0. The molecule has 0 bridgehead atoms. The molecule has 2 aromatic carbocycles. The summed E-state index contributed by atoms with van der Waals surface area (Å²) < 4.78 is 54.9. The van der Waals surface area contributed by atoms with Gasteiger partial charge in [0.25, 0.3) is 0 Å². The molecule has 1 N–H and O–H groups in total. The molecule has 2 rings (SSSR count). The van der Waals surface area contributed by atoms with Gasteiger partial charge in [-0.1, -0.05) is 12.1 Å². The third kappa shape index (κ3) is 2.37. The van der Waals surface area contributed by atoms with Crippen LogP contribution >= 0.6 is 0 Å². The van der Waals surface area contributed by atoms with Crippen molar-refractivity contribution >= 4 is 11.4 Å². The van der Waals surface area contributed by atoms with E-state index in [4.69, 9.17) is 10.5 Å². The Morgan fingerprint density at radius 1 is 0.810 bits per heavy atom. The van der Waals surface area contributed by atoms with Crippen LogP contribution in [0.25, 0.3) is 0 Å². The second-order valence-electron chi connectivity index (χ2n) is 3.90. The van der Waals surface area contributed by atoms with E-state index in [-0.39, 0.29) is 5.69 Å². The Hall–Kier alpha value is -3.06. The van der Waals surface area contributed by atoms with E-state index >= 15 is 0 Å². The van der Waals surface area contributed by atoms with Crippen LogP contribution in [-0.4, -0.2) is 0 Å². The maximum absolute atomic E-state index is 14.0. The van der Waals surface area contributed by atoms with Crippen LogP contribution in [0, 0.1) is 45.9 Å². The van der Waals surface area contributed by atoms with Crippen molar-refractivity contribution in [1.82, 2.24) is 0 Å². The fourth-order valence-corrected chi connectivity index (χ4v) is 1.68. The van der Waals surface area contributed by atoms with Crippen molar-refractivity contribution in [1.29, 1.82) is 10.5 Å². The molecule has 0 aliphatic rings. The molecule has 0 heterocycles. The lowest BCUT2D eigenvalue weighted by Gasteiger charge is -2.12. The van der Waals surface area contributed by atoms with E-state index in [1.807, 2.05) is 0 Å². The molecule has 0 aliphatic carbocycles. The molecule has 0 aromatic heterocycles. The van der Waals surface area contributed by atoms with E-state index in [9.17, 15) is 17.6 Å². The molecule has 0 amide bonds. The van der Waals surface area contributed by atoms with Gasteiger partial charge in [0.15, 0.2) is 17.5 Å². The zero-order chi connectivity index (χ0) is 15.6. The zero-order valence-corrected chi connectivity index (χ0v) is 10.2. The third-order valence-corrected chi connectivity index (χ3v) is 2.68. The smallest absolute Gasteiger partial charge is 0.186 e. The molecule has 0 unspecified atom stereocenters. The highest BCUT2D eigenvalue weighted by Gasteiger charge is 2.25. The van der Waals surface area contributed by atoms with Gasteiger partial charge in [-0.3, -0.25) is 0 Å². The fourth-order valence-electron chi connectivity index (χ4n) is 1.68. The predicted molar refractivity (Wildman–Crippen MR) is 65.4 cm³/mol. The first-order valence-electron chi connectivity index (χ1n) is 5.53. The van der Waals surface area contributed by atoms with Gasteiger partial charge in [0.2, 0.25) is 0 Å². The topological polar surface area (TPSA) is 59.6 Å². The lowest BCUT2D eigenvalue weighted by Crippen LogP contribution is -2.07. The Morgan fingerprint density at radius 3 is 1.95 bits per heavy atom. The molecule has 104 valence electrons. The molecule has 0 radical (unpaired) electrons. The van der Waals surface area contributed by atoms with E-state index in [1.54, 1.807) is 0 Å². The van der Waals surface area contributed by atoms with Crippen LogP contribution in [0.5, 0.6) is 0 Å². The van der Waals surface area contributed by atoms with Crippen LogP contribution in [0.1, 0.15) is 11.1 Å². The SMILES string of the molecule is N#Cc1c(F)c(F)c(Nc2ccccc2F)c(F)c1C#N. The Labute approximate surface area is 116 Å². The first-order chi connectivity index (χ1) is 10.0. The molecule has 3 nitrogen and oxygen atoms in total. The molecule has 0 aliphatic heterocycles. The molecule has 0 saturated heterocycles. The lowest BCUT2D eigenvalue weighted by atomic mass is 10.1. The first kappa shape index (κ1) is 14.4. The van der Waals surface area contributed by atoms with Gasteiger partial charge in [0.05, 0.1) is 5.69 Å². The van der Waals surface area contributed by atoms with Crippen molar-refractivity contribution in [3.8, 4) is 12.1 Å². The number of hydrogen-bond donors (Lipinski definition) is 1. The van der Waals surface area contributed by atoms with E-state index in [0.29, 0.717) is 0 Å². The Morgan fingerprint density at radius 2 is 1.38 bits per heavy atom. The number of nitriles is 2. The van der Waals surface area contributed by atoms with E-state index < -0.39 is 40.1 Å². The van der Waals surface area contributed by atoms with Crippen LogP contribution in [0.4, 0.5) is 28.9 Å². The molecule has 7 heteroatoms. The van der Waals surface area contributed by atoms with E-state index in [1.165, 1.54) is 30.3 Å². The highest BCUT2D eigenvalue weighted by molar-refractivity contribution is 5.66. The normalized spacial score (nSPS) is 9.81. The molecular formula is C14H5F4N3. The molecule has 0 atom stereocenters. The van der Waals surface area contributed by atoms with E-state index in [2.05, 4.69) is 5.32 Å². The van der Waals surface area contributed by atoms with Crippen molar-refractivity contribution in [2.24, 2.45) is 0 Å². The standard InChI is InChI=1S/C14H5F4N3/c15-9-3-1-2-4-10(9)21-14-12(17)8(6-20)7(5-19)11(16)13(14)18/h1-4,21H. The summed E-state index contributed by atoms with van der Waals surface area (Å²) in [5, 5.41) is 19.5. The van der Waals surface area contributed by atoms with Crippen molar-refractivity contribution < 1.29 is 17.6 Å². The minimum absolute atomic E-state index is 0.303. The highest BCUT2D eigenvalue weighted by atomic mass is 19.2. The number of para-hydroxylation sites is 1. The summed E-state index contributed by atoms with van der Waals surface area (Å²) in [4.78, 5) is 0. The van der Waals surface area contributed by atoms with Crippen LogP contribution in [0.15, 0.2) is 24.3 Å². The summed E-state index contributed by atoms with van der Waals surface area (Å²) in [6, 6.07) is 7.46. The van der Waals surface area contributed by atoms with Crippen molar-refractivity contribution in [3.05, 3.63) is 58.7 Å².